The summed E-state index contributed by atoms with van der Waals surface area (Å²) in [4.78, 5) is 2.13. The molecule has 0 saturated carbocycles. The molecular formula is C14H22N2O3S. The van der Waals surface area contributed by atoms with E-state index in [1.807, 2.05) is 31.0 Å². The van der Waals surface area contributed by atoms with Crippen molar-refractivity contribution in [2.75, 3.05) is 26.8 Å². The number of rotatable bonds is 8. The largest absolute Gasteiger partial charge is 0.490 e. The van der Waals surface area contributed by atoms with Gasteiger partial charge in [0.05, 0.1) is 12.2 Å². The molecule has 1 aromatic rings. The Morgan fingerprint density at radius 3 is 2.70 bits per heavy atom. The van der Waals surface area contributed by atoms with Crippen LogP contribution in [-0.2, 0) is 0 Å². The van der Waals surface area contributed by atoms with Crippen LogP contribution in [0.25, 0.3) is 0 Å². The average Bonchev–Trinajstić information content (AvgIpc) is 2.44. The second kappa shape index (κ2) is 8.16. The van der Waals surface area contributed by atoms with Crippen LogP contribution in [0.2, 0.25) is 0 Å². The highest BCUT2D eigenvalue weighted by atomic mass is 32.1. The molecule has 0 fully saturated rings. The molecule has 0 aliphatic carbocycles. The molecule has 0 aliphatic rings. The summed E-state index contributed by atoms with van der Waals surface area (Å²) in [5.41, 5.74) is 6.27. The normalized spacial score (nSPS) is 14.1. The maximum absolute atomic E-state index is 9.94. The van der Waals surface area contributed by atoms with E-state index < -0.39 is 6.10 Å². The van der Waals surface area contributed by atoms with Crippen LogP contribution >= 0.6 is 12.2 Å². The predicted octanol–water partition coefficient (Wildman–Crippen LogP) is 0.373. The van der Waals surface area contributed by atoms with Gasteiger partial charge in [-0.15, -0.1) is 0 Å². The Hall–Kier alpha value is -1.21. The predicted molar refractivity (Wildman–Crippen MR) is 83.0 cm³/mol. The second-order valence-electron chi connectivity index (χ2n) is 4.80. The van der Waals surface area contributed by atoms with E-state index in [9.17, 15) is 5.11 Å². The number of aliphatic hydroxyl groups excluding tert-OH is 2. The van der Waals surface area contributed by atoms with E-state index in [-0.39, 0.29) is 24.2 Å². The van der Waals surface area contributed by atoms with E-state index in [1.54, 1.807) is 12.1 Å². The first-order valence-corrected chi connectivity index (χ1v) is 6.87. The van der Waals surface area contributed by atoms with Crippen LogP contribution in [0.4, 0.5) is 0 Å². The van der Waals surface area contributed by atoms with E-state index in [2.05, 4.69) is 0 Å². The van der Waals surface area contributed by atoms with Crippen LogP contribution in [0.5, 0.6) is 5.75 Å². The van der Waals surface area contributed by atoms with Crippen molar-refractivity contribution in [3.05, 3.63) is 29.8 Å². The van der Waals surface area contributed by atoms with Gasteiger partial charge < -0.3 is 20.7 Å². The first-order chi connectivity index (χ1) is 9.45. The zero-order valence-electron chi connectivity index (χ0n) is 11.8. The molecule has 2 atom stereocenters. The highest BCUT2D eigenvalue weighted by Gasteiger charge is 2.14. The van der Waals surface area contributed by atoms with Crippen molar-refractivity contribution in [2.45, 2.75) is 19.1 Å². The fourth-order valence-electron chi connectivity index (χ4n) is 1.69. The van der Waals surface area contributed by atoms with Gasteiger partial charge >= 0.3 is 0 Å². The van der Waals surface area contributed by atoms with Crippen molar-refractivity contribution in [3.8, 4) is 5.75 Å². The Bertz CT molecular complexity index is 442. The van der Waals surface area contributed by atoms with Gasteiger partial charge in [0.1, 0.15) is 23.4 Å². The summed E-state index contributed by atoms with van der Waals surface area (Å²) in [6.07, 6.45) is -0.659. The van der Waals surface area contributed by atoms with Crippen LogP contribution in [0, 0.1) is 0 Å². The van der Waals surface area contributed by atoms with Gasteiger partial charge in [-0.25, -0.2) is 0 Å². The number of nitrogens with zero attached hydrogens (tertiary/aromatic N) is 1. The molecule has 2 unspecified atom stereocenters. The van der Waals surface area contributed by atoms with E-state index in [4.69, 9.17) is 27.8 Å². The lowest BCUT2D eigenvalue weighted by Gasteiger charge is -2.25. The Labute approximate surface area is 125 Å². The Balaban J connectivity index is 2.53. The van der Waals surface area contributed by atoms with Gasteiger partial charge in [-0.3, -0.25) is 4.90 Å². The van der Waals surface area contributed by atoms with Crippen molar-refractivity contribution in [1.29, 1.82) is 0 Å². The molecule has 0 radical (unpaired) electrons. The molecule has 0 aromatic heterocycles. The molecule has 6 heteroatoms. The zero-order chi connectivity index (χ0) is 15.1. The molecule has 0 spiro atoms. The first-order valence-electron chi connectivity index (χ1n) is 6.46. The number of hydrogen-bond acceptors (Lipinski definition) is 5. The van der Waals surface area contributed by atoms with Gasteiger partial charge in [-0.2, -0.15) is 0 Å². The molecule has 1 aromatic carbocycles. The fourth-order valence-corrected chi connectivity index (χ4v) is 1.86. The molecule has 0 bridgehead atoms. The SMILES string of the molecule is CC(CO)N(C)CC(O)COc1ccccc1C(N)=S. The first kappa shape index (κ1) is 16.8. The van der Waals surface area contributed by atoms with Gasteiger partial charge in [0.2, 0.25) is 0 Å². The Kier molecular flexibility index (Phi) is 6.87. The number of thiocarbonyl (C=S) groups is 1. The molecule has 0 amide bonds. The molecule has 5 nitrogen and oxygen atoms in total. The molecule has 4 N–H and O–H groups in total. The molecular weight excluding hydrogens is 276 g/mol. The Morgan fingerprint density at radius 1 is 1.45 bits per heavy atom. The third-order valence-electron chi connectivity index (χ3n) is 3.10. The number of likely N-dealkylation sites (N-methyl/N-ethyl adjacent to an activating group) is 1. The lowest BCUT2D eigenvalue weighted by Crippen LogP contribution is -2.39. The fraction of sp³-hybridized carbons (Fsp3) is 0.500. The number of nitrogens with two attached hydrogens (primary N) is 1. The van der Waals surface area contributed by atoms with Gasteiger partial charge in [-0.1, -0.05) is 24.4 Å². The van der Waals surface area contributed by atoms with Crippen LogP contribution in [-0.4, -0.2) is 59.1 Å². The molecule has 20 heavy (non-hydrogen) atoms. The lowest BCUT2D eigenvalue weighted by molar-refractivity contribution is 0.0542. The molecule has 1 rings (SSSR count). The number of hydrogen-bond donors (Lipinski definition) is 3. The van der Waals surface area contributed by atoms with Crippen LogP contribution in [0.1, 0.15) is 12.5 Å². The van der Waals surface area contributed by atoms with Crippen LogP contribution in [0.15, 0.2) is 24.3 Å². The zero-order valence-corrected chi connectivity index (χ0v) is 12.6. The Morgan fingerprint density at radius 2 is 2.10 bits per heavy atom. The van der Waals surface area contributed by atoms with E-state index in [1.165, 1.54) is 0 Å². The summed E-state index contributed by atoms with van der Waals surface area (Å²) in [6, 6.07) is 7.19. The third kappa shape index (κ3) is 5.05. The van der Waals surface area contributed by atoms with Crippen molar-refractivity contribution in [1.82, 2.24) is 4.90 Å². The maximum atomic E-state index is 9.94. The van der Waals surface area contributed by atoms with Crippen molar-refractivity contribution in [3.63, 3.8) is 0 Å². The van der Waals surface area contributed by atoms with Crippen molar-refractivity contribution < 1.29 is 14.9 Å². The van der Waals surface area contributed by atoms with E-state index in [0.717, 1.165) is 0 Å². The summed E-state index contributed by atoms with van der Waals surface area (Å²) in [5, 5.41) is 19.0. The quantitative estimate of drug-likeness (QED) is 0.602. The monoisotopic (exact) mass is 298 g/mol. The van der Waals surface area contributed by atoms with Gasteiger partial charge in [0.25, 0.3) is 0 Å². The molecule has 0 heterocycles. The lowest BCUT2D eigenvalue weighted by atomic mass is 10.2. The highest BCUT2D eigenvalue weighted by Crippen LogP contribution is 2.17. The third-order valence-corrected chi connectivity index (χ3v) is 3.32. The number of para-hydroxylation sites is 1. The molecule has 0 saturated heterocycles. The summed E-state index contributed by atoms with van der Waals surface area (Å²) >= 11 is 4.95. The average molecular weight is 298 g/mol. The van der Waals surface area contributed by atoms with Crippen molar-refractivity contribution >= 4 is 17.2 Å². The van der Waals surface area contributed by atoms with Gasteiger partial charge in [0, 0.05) is 12.6 Å². The summed E-state index contributed by atoms with van der Waals surface area (Å²) in [7, 11) is 1.84. The van der Waals surface area contributed by atoms with Crippen LogP contribution in [0.3, 0.4) is 0 Å². The topological polar surface area (TPSA) is 79.0 Å². The van der Waals surface area contributed by atoms with E-state index >= 15 is 0 Å². The molecule has 112 valence electrons. The highest BCUT2D eigenvalue weighted by molar-refractivity contribution is 7.80. The minimum absolute atomic E-state index is 0.00597. The minimum Gasteiger partial charge on any atom is -0.490 e. The number of aliphatic hydroxyl groups is 2. The van der Waals surface area contributed by atoms with Crippen LogP contribution < -0.4 is 10.5 Å². The summed E-state index contributed by atoms with van der Waals surface area (Å²) < 4.78 is 5.57. The smallest absolute Gasteiger partial charge is 0.129 e. The van der Waals surface area contributed by atoms with Gasteiger partial charge in [-0.05, 0) is 26.1 Å². The number of ether oxygens (including phenoxy) is 1. The molecule has 0 aliphatic heterocycles. The van der Waals surface area contributed by atoms with E-state index in [0.29, 0.717) is 17.9 Å². The summed E-state index contributed by atoms with van der Waals surface area (Å²) in [6.45, 7) is 2.49. The minimum atomic E-state index is -0.659. The van der Waals surface area contributed by atoms with Gasteiger partial charge in [0.15, 0.2) is 0 Å². The number of benzene rings is 1. The summed E-state index contributed by atoms with van der Waals surface area (Å²) in [5.74, 6) is 0.567. The maximum Gasteiger partial charge on any atom is 0.129 e. The van der Waals surface area contributed by atoms with Crippen molar-refractivity contribution in [2.24, 2.45) is 5.73 Å². The second-order valence-corrected chi connectivity index (χ2v) is 5.24. The standard InChI is InChI=1S/C14H22N2O3S/c1-10(8-17)16(2)7-11(18)9-19-13-6-4-3-5-12(13)14(15)20/h3-6,10-11,17-18H,7-9H2,1-2H3,(H2,15,20).